The zero-order valence-electron chi connectivity index (χ0n) is 9.20. The van der Waals surface area contributed by atoms with E-state index < -0.39 is 12.0 Å². The fourth-order valence-corrected chi connectivity index (χ4v) is 1.92. The number of rotatable bonds is 3. The van der Waals surface area contributed by atoms with Crippen molar-refractivity contribution < 1.29 is 19.1 Å². The van der Waals surface area contributed by atoms with Gasteiger partial charge in [-0.05, 0) is 31.1 Å². The first-order chi connectivity index (χ1) is 8.18. The lowest BCUT2D eigenvalue weighted by atomic mass is 10.2. The molecule has 0 radical (unpaired) electrons. The van der Waals surface area contributed by atoms with E-state index in [4.69, 9.17) is 9.52 Å². The predicted molar refractivity (Wildman–Crippen MR) is 60.1 cm³/mol. The lowest BCUT2D eigenvalue weighted by molar-refractivity contribution is -0.146. The van der Waals surface area contributed by atoms with Gasteiger partial charge in [-0.25, -0.2) is 4.79 Å². The van der Waals surface area contributed by atoms with Crippen molar-refractivity contribution >= 4 is 18.0 Å². The summed E-state index contributed by atoms with van der Waals surface area (Å²) in [5, 5.41) is 8.95. The van der Waals surface area contributed by atoms with Crippen LogP contribution in [-0.4, -0.2) is 34.5 Å². The molecule has 1 fully saturated rings. The van der Waals surface area contributed by atoms with Gasteiger partial charge in [0.1, 0.15) is 11.8 Å². The van der Waals surface area contributed by atoms with Crippen LogP contribution in [0.15, 0.2) is 28.9 Å². The minimum atomic E-state index is -0.942. The Hall–Kier alpha value is -2.04. The largest absolute Gasteiger partial charge is 0.480 e. The van der Waals surface area contributed by atoms with Crippen LogP contribution < -0.4 is 0 Å². The van der Waals surface area contributed by atoms with Crippen molar-refractivity contribution in [2.45, 2.75) is 18.9 Å². The monoisotopic (exact) mass is 235 g/mol. The van der Waals surface area contributed by atoms with Crippen LogP contribution >= 0.6 is 0 Å². The Morgan fingerprint density at radius 2 is 2.35 bits per heavy atom. The summed E-state index contributed by atoms with van der Waals surface area (Å²) in [6.07, 6.45) is 5.66. The highest BCUT2D eigenvalue weighted by atomic mass is 16.4. The van der Waals surface area contributed by atoms with Crippen LogP contribution in [0.4, 0.5) is 0 Å². The first kappa shape index (κ1) is 11.4. The molecule has 0 aliphatic carbocycles. The zero-order chi connectivity index (χ0) is 12.3. The first-order valence-corrected chi connectivity index (χ1v) is 5.43. The van der Waals surface area contributed by atoms with E-state index in [-0.39, 0.29) is 5.91 Å². The SMILES string of the molecule is O=C(O)[C@H]1CCCN1C(=O)/C=C\c1ccco1. The molecule has 0 unspecified atom stereocenters. The van der Waals surface area contributed by atoms with Gasteiger partial charge >= 0.3 is 5.97 Å². The van der Waals surface area contributed by atoms with Crippen molar-refractivity contribution in [3.05, 3.63) is 30.2 Å². The summed E-state index contributed by atoms with van der Waals surface area (Å²) in [7, 11) is 0. The quantitative estimate of drug-likeness (QED) is 0.803. The van der Waals surface area contributed by atoms with Crippen LogP contribution in [0.2, 0.25) is 0 Å². The summed E-state index contributed by atoms with van der Waals surface area (Å²) in [5.41, 5.74) is 0. The van der Waals surface area contributed by atoms with Crippen LogP contribution in [0.5, 0.6) is 0 Å². The van der Waals surface area contributed by atoms with E-state index in [0.29, 0.717) is 18.7 Å². The van der Waals surface area contributed by atoms with E-state index in [1.807, 2.05) is 0 Å². The Labute approximate surface area is 98.3 Å². The lowest BCUT2D eigenvalue weighted by Crippen LogP contribution is -2.39. The summed E-state index contributed by atoms with van der Waals surface area (Å²) in [5.74, 6) is -0.655. The van der Waals surface area contributed by atoms with Gasteiger partial charge in [-0.15, -0.1) is 0 Å². The number of hydrogen-bond donors (Lipinski definition) is 1. The number of aliphatic carboxylic acids is 1. The molecule has 0 saturated carbocycles. The molecule has 1 atom stereocenters. The van der Waals surface area contributed by atoms with E-state index in [1.54, 1.807) is 18.2 Å². The van der Waals surface area contributed by atoms with Crippen LogP contribution in [0.25, 0.3) is 6.08 Å². The Balaban J connectivity index is 2.02. The highest BCUT2D eigenvalue weighted by molar-refractivity contribution is 5.94. The minimum absolute atomic E-state index is 0.286. The van der Waals surface area contributed by atoms with Crippen LogP contribution in [0.1, 0.15) is 18.6 Å². The molecule has 1 aromatic rings. The second kappa shape index (κ2) is 4.86. The molecule has 0 aromatic carbocycles. The number of amides is 1. The molecule has 17 heavy (non-hydrogen) atoms. The fraction of sp³-hybridized carbons (Fsp3) is 0.333. The Morgan fingerprint density at radius 3 is 3.00 bits per heavy atom. The summed E-state index contributed by atoms with van der Waals surface area (Å²) in [4.78, 5) is 24.1. The maximum Gasteiger partial charge on any atom is 0.326 e. The summed E-state index contributed by atoms with van der Waals surface area (Å²) >= 11 is 0. The number of hydrogen-bond acceptors (Lipinski definition) is 3. The minimum Gasteiger partial charge on any atom is -0.480 e. The molecule has 1 amide bonds. The highest BCUT2D eigenvalue weighted by Crippen LogP contribution is 2.18. The fourth-order valence-electron chi connectivity index (χ4n) is 1.92. The Bertz CT molecular complexity index is 435. The van der Waals surface area contributed by atoms with Gasteiger partial charge < -0.3 is 14.4 Å². The van der Waals surface area contributed by atoms with Crippen molar-refractivity contribution in [1.82, 2.24) is 4.90 Å². The molecule has 1 aromatic heterocycles. The molecule has 0 bridgehead atoms. The van der Waals surface area contributed by atoms with Crippen molar-refractivity contribution in [2.75, 3.05) is 6.54 Å². The third kappa shape index (κ3) is 2.55. The van der Waals surface area contributed by atoms with Crippen molar-refractivity contribution in [3.63, 3.8) is 0 Å². The third-order valence-corrected chi connectivity index (χ3v) is 2.75. The van der Waals surface area contributed by atoms with Gasteiger partial charge in [-0.3, -0.25) is 4.79 Å². The number of carboxylic acids is 1. The molecule has 1 saturated heterocycles. The second-order valence-corrected chi connectivity index (χ2v) is 3.88. The smallest absolute Gasteiger partial charge is 0.326 e. The Morgan fingerprint density at radius 1 is 1.53 bits per heavy atom. The number of carbonyl (C=O) groups excluding carboxylic acids is 1. The van der Waals surface area contributed by atoms with Gasteiger partial charge in [-0.1, -0.05) is 0 Å². The third-order valence-electron chi connectivity index (χ3n) is 2.75. The zero-order valence-corrected chi connectivity index (χ0v) is 9.20. The molecular formula is C12H13NO4. The molecular weight excluding hydrogens is 222 g/mol. The van der Waals surface area contributed by atoms with Crippen LogP contribution in [0.3, 0.4) is 0 Å². The predicted octanol–water partition coefficient (Wildman–Crippen LogP) is 1.37. The van der Waals surface area contributed by atoms with E-state index in [9.17, 15) is 9.59 Å². The molecule has 1 N–H and O–H groups in total. The van der Waals surface area contributed by atoms with Crippen molar-refractivity contribution in [1.29, 1.82) is 0 Å². The number of carbonyl (C=O) groups is 2. The molecule has 0 spiro atoms. The van der Waals surface area contributed by atoms with Gasteiger partial charge in [0.2, 0.25) is 5.91 Å². The standard InChI is InChI=1S/C12H13NO4/c14-11(6-5-9-3-2-8-17-9)13-7-1-4-10(13)12(15)16/h2-3,5-6,8,10H,1,4,7H2,(H,15,16)/b6-5-/t10-/m1/s1. The second-order valence-electron chi connectivity index (χ2n) is 3.88. The van der Waals surface area contributed by atoms with E-state index >= 15 is 0 Å². The highest BCUT2D eigenvalue weighted by Gasteiger charge is 2.32. The van der Waals surface area contributed by atoms with Crippen molar-refractivity contribution in [2.24, 2.45) is 0 Å². The summed E-state index contributed by atoms with van der Waals surface area (Å²) in [6, 6.07) is 2.76. The van der Waals surface area contributed by atoms with Gasteiger partial charge in [0.15, 0.2) is 0 Å². The van der Waals surface area contributed by atoms with Crippen LogP contribution in [-0.2, 0) is 9.59 Å². The maximum atomic E-state index is 11.8. The molecule has 5 nitrogen and oxygen atoms in total. The number of nitrogens with zero attached hydrogens (tertiary/aromatic N) is 1. The summed E-state index contributed by atoms with van der Waals surface area (Å²) in [6.45, 7) is 0.498. The Kier molecular flexibility index (Phi) is 3.27. The average molecular weight is 235 g/mol. The number of carboxylic acid groups (broad SMARTS) is 1. The summed E-state index contributed by atoms with van der Waals surface area (Å²) < 4.78 is 5.05. The lowest BCUT2D eigenvalue weighted by Gasteiger charge is -2.19. The van der Waals surface area contributed by atoms with Crippen LogP contribution in [0, 0.1) is 0 Å². The van der Waals surface area contributed by atoms with E-state index in [0.717, 1.165) is 6.42 Å². The first-order valence-electron chi connectivity index (χ1n) is 5.43. The molecule has 5 heteroatoms. The van der Waals surface area contributed by atoms with Gasteiger partial charge in [0.25, 0.3) is 0 Å². The molecule has 90 valence electrons. The molecule has 2 rings (SSSR count). The number of furan rings is 1. The van der Waals surface area contributed by atoms with Crippen molar-refractivity contribution in [3.8, 4) is 0 Å². The normalized spacial score (nSPS) is 20.0. The molecule has 1 aliphatic heterocycles. The molecule has 1 aliphatic rings. The van der Waals surface area contributed by atoms with E-state index in [1.165, 1.54) is 17.2 Å². The maximum absolute atomic E-state index is 11.8. The van der Waals surface area contributed by atoms with Gasteiger partial charge in [0.05, 0.1) is 6.26 Å². The van der Waals surface area contributed by atoms with E-state index in [2.05, 4.69) is 0 Å². The topological polar surface area (TPSA) is 70.8 Å². The molecule has 2 heterocycles. The average Bonchev–Trinajstić information content (AvgIpc) is 2.96. The van der Waals surface area contributed by atoms with Gasteiger partial charge in [-0.2, -0.15) is 0 Å². The number of likely N-dealkylation sites (tertiary alicyclic amines) is 1. The van der Waals surface area contributed by atoms with Gasteiger partial charge in [0, 0.05) is 12.6 Å².